The van der Waals surface area contributed by atoms with Crippen molar-refractivity contribution in [3.8, 4) is 0 Å². The molecular formula is C13H15ClF2N2O2. The lowest BCUT2D eigenvalue weighted by atomic mass is 10.1. The predicted octanol–water partition coefficient (Wildman–Crippen LogP) is 2.01. The van der Waals surface area contributed by atoms with Crippen molar-refractivity contribution < 1.29 is 18.4 Å². The van der Waals surface area contributed by atoms with Gasteiger partial charge in [-0.1, -0.05) is 11.6 Å². The van der Waals surface area contributed by atoms with E-state index in [1.807, 2.05) is 5.32 Å². The van der Waals surface area contributed by atoms with E-state index in [-0.39, 0.29) is 18.6 Å². The number of halogens is 3. The standard InChI is InChI=1S/C13H15ClF2N2O2/c14-10-3-1-9(2-4-10)11(19)5-6-12(20)18-8-13(15,16)7-17/h1-4H,5-8,17H2,(H,18,20). The Morgan fingerprint density at radius 2 is 1.80 bits per heavy atom. The van der Waals surface area contributed by atoms with Crippen LogP contribution in [0.3, 0.4) is 0 Å². The van der Waals surface area contributed by atoms with Crippen LogP contribution in [0.4, 0.5) is 8.78 Å². The van der Waals surface area contributed by atoms with Crippen LogP contribution in [-0.2, 0) is 4.79 Å². The summed E-state index contributed by atoms with van der Waals surface area (Å²) in [5, 5.41) is 2.55. The van der Waals surface area contributed by atoms with Crippen molar-refractivity contribution in [1.82, 2.24) is 5.32 Å². The van der Waals surface area contributed by atoms with E-state index in [1.54, 1.807) is 24.3 Å². The maximum atomic E-state index is 12.8. The van der Waals surface area contributed by atoms with Gasteiger partial charge in [0, 0.05) is 23.4 Å². The molecule has 7 heteroatoms. The number of alkyl halides is 2. The Kier molecular flexibility index (Phi) is 6.04. The maximum absolute atomic E-state index is 12.8. The van der Waals surface area contributed by atoms with E-state index in [4.69, 9.17) is 17.3 Å². The minimum absolute atomic E-state index is 0.0539. The molecule has 1 aromatic carbocycles. The van der Waals surface area contributed by atoms with Gasteiger partial charge in [0.2, 0.25) is 5.91 Å². The first-order chi connectivity index (χ1) is 9.34. The summed E-state index contributed by atoms with van der Waals surface area (Å²) in [5.41, 5.74) is 5.26. The molecule has 0 aliphatic rings. The Balaban J connectivity index is 2.37. The zero-order valence-electron chi connectivity index (χ0n) is 10.7. The van der Waals surface area contributed by atoms with Crippen LogP contribution in [-0.4, -0.2) is 30.7 Å². The molecule has 4 nitrogen and oxygen atoms in total. The van der Waals surface area contributed by atoms with E-state index in [0.29, 0.717) is 10.6 Å². The number of benzene rings is 1. The van der Waals surface area contributed by atoms with Gasteiger partial charge in [-0.2, -0.15) is 0 Å². The second kappa shape index (κ2) is 7.31. The van der Waals surface area contributed by atoms with E-state index in [0.717, 1.165) is 0 Å². The number of amides is 1. The van der Waals surface area contributed by atoms with Crippen LogP contribution in [0.5, 0.6) is 0 Å². The van der Waals surface area contributed by atoms with Gasteiger partial charge >= 0.3 is 0 Å². The molecule has 0 fully saturated rings. The lowest BCUT2D eigenvalue weighted by Crippen LogP contribution is -2.41. The third-order valence-corrected chi connectivity index (χ3v) is 2.84. The summed E-state index contributed by atoms with van der Waals surface area (Å²) < 4.78 is 25.6. The minimum atomic E-state index is -3.13. The number of nitrogens with two attached hydrogens (primary N) is 1. The van der Waals surface area contributed by atoms with Crippen molar-refractivity contribution in [2.24, 2.45) is 5.73 Å². The number of hydrogen-bond acceptors (Lipinski definition) is 3. The topological polar surface area (TPSA) is 72.2 Å². The molecule has 0 heterocycles. The fraction of sp³-hybridized carbons (Fsp3) is 0.385. The summed E-state index contributed by atoms with van der Waals surface area (Å²) in [6.07, 6.45) is -0.205. The molecule has 110 valence electrons. The Morgan fingerprint density at radius 1 is 1.20 bits per heavy atom. The Hall–Kier alpha value is -1.53. The van der Waals surface area contributed by atoms with Gasteiger partial charge in [-0.15, -0.1) is 0 Å². The number of carbonyl (C=O) groups is 2. The van der Waals surface area contributed by atoms with E-state index in [1.165, 1.54) is 0 Å². The highest BCUT2D eigenvalue weighted by Crippen LogP contribution is 2.12. The number of hydrogen-bond donors (Lipinski definition) is 2. The average molecular weight is 305 g/mol. The van der Waals surface area contributed by atoms with Gasteiger partial charge in [0.05, 0.1) is 13.1 Å². The van der Waals surface area contributed by atoms with Crippen LogP contribution in [0, 0.1) is 0 Å². The first-order valence-corrected chi connectivity index (χ1v) is 6.35. The number of rotatable bonds is 7. The molecule has 0 unspecified atom stereocenters. The Bertz CT molecular complexity index is 478. The third-order valence-electron chi connectivity index (χ3n) is 2.59. The van der Waals surface area contributed by atoms with Crippen LogP contribution in [0.15, 0.2) is 24.3 Å². The fourth-order valence-electron chi connectivity index (χ4n) is 1.40. The lowest BCUT2D eigenvalue weighted by Gasteiger charge is -2.14. The maximum Gasteiger partial charge on any atom is 0.277 e. The largest absolute Gasteiger partial charge is 0.350 e. The molecule has 3 N–H and O–H groups in total. The number of nitrogens with one attached hydrogen (secondary N) is 1. The van der Waals surface area contributed by atoms with Crippen molar-refractivity contribution in [1.29, 1.82) is 0 Å². The monoisotopic (exact) mass is 304 g/mol. The summed E-state index contributed by atoms with van der Waals surface area (Å²) in [6.45, 7) is -1.66. The fourth-order valence-corrected chi connectivity index (χ4v) is 1.52. The Morgan fingerprint density at radius 3 is 2.35 bits per heavy atom. The number of carbonyl (C=O) groups excluding carboxylic acids is 2. The van der Waals surface area contributed by atoms with Crippen LogP contribution in [0.2, 0.25) is 5.02 Å². The van der Waals surface area contributed by atoms with Gasteiger partial charge in [-0.3, -0.25) is 9.59 Å². The smallest absolute Gasteiger partial charge is 0.277 e. The zero-order valence-corrected chi connectivity index (χ0v) is 11.4. The van der Waals surface area contributed by atoms with Crippen molar-refractivity contribution in [2.45, 2.75) is 18.8 Å². The van der Waals surface area contributed by atoms with Gasteiger partial charge in [0.15, 0.2) is 5.78 Å². The summed E-state index contributed by atoms with van der Waals surface area (Å²) in [5.74, 6) is -3.99. The van der Waals surface area contributed by atoms with Crippen molar-refractivity contribution in [3.05, 3.63) is 34.9 Å². The minimum Gasteiger partial charge on any atom is -0.350 e. The molecule has 0 aromatic heterocycles. The number of ketones is 1. The SMILES string of the molecule is NCC(F)(F)CNC(=O)CCC(=O)c1ccc(Cl)cc1. The van der Waals surface area contributed by atoms with E-state index in [2.05, 4.69) is 0 Å². The normalized spacial score (nSPS) is 11.2. The quantitative estimate of drug-likeness (QED) is 0.757. The molecule has 1 aromatic rings. The van der Waals surface area contributed by atoms with Crippen molar-refractivity contribution >= 4 is 23.3 Å². The molecule has 0 saturated carbocycles. The number of Topliss-reactive ketones (excluding diaryl/α,β-unsaturated/α-hetero) is 1. The second-order valence-electron chi connectivity index (χ2n) is 4.27. The highest BCUT2D eigenvalue weighted by molar-refractivity contribution is 6.30. The molecule has 0 radical (unpaired) electrons. The molecule has 0 bridgehead atoms. The van der Waals surface area contributed by atoms with Crippen LogP contribution < -0.4 is 11.1 Å². The summed E-state index contributed by atoms with van der Waals surface area (Å²) in [6, 6.07) is 6.23. The second-order valence-corrected chi connectivity index (χ2v) is 4.70. The molecular weight excluding hydrogens is 290 g/mol. The van der Waals surface area contributed by atoms with E-state index in [9.17, 15) is 18.4 Å². The van der Waals surface area contributed by atoms with Crippen molar-refractivity contribution in [3.63, 3.8) is 0 Å². The van der Waals surface area contributed by atoms with Crippen LogP contribution >= 0.6 is 11.6 Å². The highest BCUT2D eigenvalue weighted by Gasteiger charge is 2.27. The lowest BCUT2D eigenvalue weighted by molar-refractivity contribution is -0.122. The van der Waals surface area contributed by atoms with E-state index >= 15 is 0 Å². The first-order valence-electron chi connectivity index (χ1n) is 5.97. The summed E-state index contributed by atoms with van der Waals surface area (Å²) in [4.78, 5) is 23.1. The Labute approximate surface area is 120 Å². The van der Waals surface area contributed by atoms with E-state index < -0.39 is 24.9 Å². The van der Waals surface area contributed by atoms with Crippen LogP contribution in [0.1, 0.15) is 23.2 Å². The van der Waals surface area contributed by atoms with Gasteiger partial charge in [-0.05, 0) is 24.3 Å². The molecule has 0 spiro atoms. The first kappa shape index (κ1) is 16.5. The molecule has 0 aliphatic carbocycles. The summed E-state index contributed by atoms with van der Waals surface area (Å²) >= 11 is 5.68. The van der Waals surface area contributed by atoms with Gasteiger partial charge in [0.1, 0.15) is 0 Å². The highest BCUT2D eigenvalue weighted by atomic mass is 35.5. The molecule has 1 amide bonds. The molecule has 0 atom stereocenters. The third kappa shape index (κ3) is 5.63. The predicted molar refractivity (Wildman–Crippen MR) is 72.0 cm³/mol. The zero-order chi connectivity index (χ0) is 15.2. The molecule has 0 saturated heterocycles. The molecule has 20 heavy (non-hydrogen) atoms. The molecule has 1 rings (SSSR count). The van der Waals surface area contributed by atoms with Crippen molar-refractivity contribution in [2.75, 3.05) is 13.1 Å². The van der Waals surface area contributed by atoms with Gasteiger partial charge in [-0.25, -0.2) is 8.78 Å². The van der Waals surface area contributed by atoms with Crippen LogP contribution in [0.25, 0.3) is 0 Å². The van der Waals surface area contributed by atoms with Gasteiger partial charge in [0.25, 0.3) is 5.92 Å². The van der Waals surface area contributed by atoms with Gasteiger partial charge < -0.3 is 11.1 Å². The molecule has 0 aliphatic heterocycles. The average Bonchev–Trinajstić information content (AvgIpc) is 2.43. The summed E-state index contributed by atoms with van der Waals surface area (Å²) in [7, 11) is 0.